The Morgan fingerprint density at radius 3 is 1.30 bits per heavy atom. The van der Waals surface area contributed by atoms with E-state index >= 15 is 0 Å². The summed E-state index contributed by atoms with van der Waals surface area (Å²) >= 11 is 0. The van der Waals surface area contributed by atoms with Gasteiger partial charge in [0.1, 0.15) is 0 Å². The average molecular weight is 450 g/mol. The summed E-state index contributed by atoms with van der Waals surface area (Å²) in [7, 11) is 0. The Kier molecular flexibility index (Phi) is 41.7. The minimum absolute atomic E-state index is 0. The monoisotopic (exact) mass is 449 g/mol. The molecular formula is C24H43Cl2Ti-7. The summed E-state index contributed by atoms with van der Waals surface area (Å²) in [5.41, 5.74) is 2.98. The van der Waals surface area contributed by atoms with Crippen LogP contribution >= 0.6 is 24.8 Å². The fourth-order valence-corrected chi connectivity index (χ4v) is 1.68. The molecule has 0 aliphatic heterocycles. The molecule has 0 spiro atoms. The Morgan fingerprint density at radius 1 is 0.741 bits per heavy atom. The van der Waals surface area contributed by atoms with Crippen LogP contribution in [0, 0.1) is 49.3 Å². The number of hydrogen-bond acceptors (Lipinski definition) is 0. The molecule has 1 aliphatic carbocycles. The van der Waals surface area contributed by atoms with Crippen molar-refractivity contribution in [3.63, 3.8) is 0 Å². The fraction of sp³-hybridized carbons (Fsp3) is 0.375. The van der Waals surface area contributed by atoms with Crippen molar-refractivity contribution < 1.29 is 21.7 Å². The molecule has 164 valence electrons. The molecule has 1 aromatic carbocycles. The molecule has 0 saturated heterocycles. The number of hydrogen-bond donors (Lipinski definition) is 0. The number of allylic oxidation sites excluding steroid dienone is 4. The van der Waals surface area contributed by atoms with Crippen LogP contribution in [0.4, 0.5) is 0 Å². The van der Waals surface area contributed by atoms with Crippen LogP contribution < -0.4 is 0 Å². The summed E-state index contributed by atoms with van der Waals surface area (Å²) in [6, 6.07) is 9.98. The maximum absolute atomic E-state index is 3.52. The molecule has 1 aliphatic rings. The molecule has 0 atom stereocenters. The predicted octanol–water partition coefficient (Wildman–Crippen LogP) is 8.48. The maximum Gasteiger partial charge on any atom is 0 e. The quantitative estimate of drug-likeness (QED) is 0.275. The van der Waals surface area contributed by atoms with Crippen LogP contribution in [0.3, 0.4) is 0 Å². The molecule has 0 radical (unpaired) electrons. The minimum Gasteiger partial charge on any atom is -0.358 e. The normalized spacial score (nSPS) is 10.0. The Balaban J connectivity index is -0.0000000413. The second-order valence-corrected chi connectivity index (χ2v) is 6.98. The maximum atomic E-state index is 3.52. The first-order valence-electron chi connectivity index (χ1n) is 6.96. The van der Waals surface area contributed by atoms with Gasteiger partial charge in [-0.2, -0.15) is 41.5 Å². The standard InChI is InChI=1S/C14H21.C5H5.5CH3.2ClH.Ti/c1-13(2,3)11-8-7-9-12(10-11)14(4,5)6;1-2-4-5-3-1;;;;;;;;/h7-9H,1-6H3;1-3H,4H2;5*1H3;2*1H;/q7*-1;;;. The number of benzene rings is 1. The summed E-state index contributed by atoms with van der Waals surface area (Å²) in [4.78, 5) is 0. The molecule has 0 nitrogen and oxygen atoms in total. The van der Waals surface area contributed by atoms with Gasteiger partial charge in [0.2, 0.25) is 0 Å². The first-order chi connectivity index (χ1) is 8.71. The van der Waals surface area contributed by atoms with Gasteiger partial charge in [0.15, 0.2) is 0 Å². The molecule has 0 fully saturated rings. The van der Waals surface area contributed by atoms with Crippen molar-refractivity contribution in [2.75, 3.05) is 0 Å². The first kappa shape index (κ1) is 50.6. The zero-order valence-corrected chi connectivity index (χ0v) is 22.7. The summed E-state index contributed by atoms with van der Waals surface area (Å²) in [5.74, 6) is 0. The third kappa shape index (κ3) is 20.5. The van der Waals surface area contributed by atoms with E-state index in [2.05, 4.69) is 78.0 Å². The number of rotatable bonds is 0. The van der Waals surface area contributed by atoms with Crippen LogP contribution in [-0.4, -0.2) is 0 Å². The van der Waals surface area contributed by atoms with Crippen LogP contribution in [0.1, 0.15) is 59.1 Å². The zero-order chi connectivity index (χ0) is 14.5. The molecule has 0 saturated carbocycles. The van der Waals surface area contributed by atoms with E-state index in [0.29, 0.717) is 0 Å². The van der Waals surface area contributed by atoms with Gasteiger partial charge in [-0.25, -0.2) is 12.2 Å². The molecule has 0 heterocycles. The SMILES string of the molecule is CC(C)(C)c1[c-]c(C(C)(C)C)ccc1.Cl.Cl.[C-]1=CC=CC1.[CH3-].[CH3-].[CH3-].[CH3-].[CH3-].[Ti]. The van der Waals surface area contributed by atoms with Crippen LogP contribution in [0.25, 0.3) is 0 Å². The van der Waals surface area contributed by atoms with Crippen molar-refractivity contribution in [2.24, 2.45) is 0 Å². The van der Waals surface area contributed by atoms with E-state index in [1.54, 1.807) is 0 Å². The minimum atomic E-state index is 0. The summed E-state index contributed by atoms with van der Waals surface area (Å²) in [6.45, 7) is 13.4. The van der Waals surface area contributed by atoms with Gasteiger partial charge >= 0.3 is 0 Å². The molecule has 27 heavy (non-hydrogen) atoms. The van der Waals surface area contributed by atoms with Crippen molar-refractivity contribution in [3.8, 4) is 0 Å². The van der Waals surface area contributed by atoms with Crippen LogP contribution in [-0.2, 0) is 32.5 Å². The van der Waals surface area contributed by atoms with E-state index in [1.165, 1.54) is 11.1 Å². The summed E-state index contributed by atoms with van der Waals surface area (Å²) in [5, 5.41) is 0. The van der Waals surface area contributed by atoms with Gasteiger partial charge in [-0.3, -0.25) is 6.08 Å². The molecule has 0 amide bonds. The molecule has 2 rings (SSSR count). The fourth-order valence-electron chi connectivity index (χ4n) is 1.68. The second-order valence-electron chi connectivity index (χ2n) is 6.98. The smallest absolute Gasteiger partial charge is 0 e. The van der Waals surface area contributed by atoms with E-state index in [1.807, 2.05) is 12.2 Å². The largest absolute Gasteiger partial charge is 0.358 e. The van der Waals surface area contributed by atoms with Crippen molar-refractivity contribution >= 4 is 24.8 Å². The molecule has 1 aromatic rings. The van der Waals surface area contributed by atoms with Crippen LogP contribution in [0.2, 0.25) is 0 Å². The Labute approximate surface area is 201 Å². The molecule has 3 heteroatoms. The second kappa shape index (κ2) is 22.3. The molecule has 0 unspecified atom stereocenters. The average Bonchev–Trinajstić information content (AvgIpc) is 2.85. The van der Waals surface area contributed by atoms with Gasteiger partial charge in [0.05, 0.1) is 0 Å². The third-order valence-electron chi connectivity index (χ3n) is 3.00. The van der Waals surface area contributed by atoms with Gasteiger partial charge < -0.3 is 37.1 Å². The third-order valence-corrected chi connectivity index (χ3v) is 3.00. The van der Waals surface area contributed by atoms with E-state index in [9.17, 15) is 0 Å². The number of halogens is 2. The van der Waals surface area contributed by atoms with Crippen LogP contribution in [0.15, 0.2) is 36.4 Å². The molecule has 0 bridgehead atoms. The summed E-state index contributed by atoms with van der Waals surface area (Å²) in [6.07, 6.45) is 10.0. The van der Waals surface area contributed by atoms with E-state index in [4.69, 9.17) is 0 Å². The van der Waals surface area contributed by atoms with Gasteiger partial charge in [-0.05, 0) is 10.8 Å². The molecular weight excluding hydrogens is 407 g/mol. The van der Waals surface area contributed by atoms with Gasteiger partial charge in [-0.1, -0.05) is 41.5 Å². The first-order valence-corrected chi connectivity index (χ1v) is 6.96. The predicted molar refractivity (Wildman–Crippen MR) is 131 cm³/mol. The van der Waals surface area contributed by atoms with Crippen molar-refractivity contribution in [1.29, 1.82) is 0 Å². The Hall–Kier alpha value is -0.00571. The van der Waals surface area contributed by atoms with Crippen LogP contribution in [0.5, 0.6) is 0 Å². The van der Waals surface area contributed by atoms with Crippen molar-refractivity contribution in [2.45, 2.75) is 58.8 Å². The van der Waals surface area contributed by atoms with Gasteiger partial charge in [0, 0.05) is 21.7 Å². The van der Waals surface area contributed by atoms with Crippen molar-refractivity contribution in [1.82, 2.24) is 0 Å². The van der Waals surface area contributed by atoms with Gasteiger partial charge in [0.25, 0.3) is 0 Å². The Bertz CT molecular complexity index is 425. The Morgan fingerprint density at radius 2 is 1.11 bits per heavy atom. The van der Waals surface area contributed by atoms with Crippen molar-refractivity contribution in [3.05, 3.63) is 96.8 Å². The van der Waals surface area contributed by atoms with E-state index in [-0.39, 0.29) is 94.5 Å². The van der Waals surface area contributed by atoms with E-state index in [0.717, 1.165) is 6.42 Å². The molecule has 0 N–H and O–H groups in total. The van der Waals surface area contributed by atoms with E-state index < -0.39 is 0 Å². The zero-order valence-electron chi connectivity index (χ0n) is 19.5. The van der Waals surface area contributed by atoms with Gasteiger partial charge in [-0.15, -0.1) is 31.2 Å². The molecule has 0 aromatic heterocycles. The topological polar surface area (TPSA) is 0 Å². The summed E-state index contributed by atoms with van der Waals surface area (Å²) < 4.78 is 0.